The molecule has 0 radical (unpaired) electrons. The number of benzene rings is 1. The summed E-state index contributed by atoms with van der Waals surface area (Å²) < 4.78 is 27.0. The summed E-state index contributed by atoms with van der Waals surface area (Å²) in [6.07, 6.45) is 4.72. The molecule has 3 heterocycles. The van der Waals surface area contributed by atoms with Crippen molar-refractivity contribution >= 4 is 21.6 Å². The van der Waals surface area contributed by atoms with Gasteiger partial charge in [-0.2, -0.15) is 4.31 Å². The Bertz CT molecular complexity index is 921. The molecule has 2 saturated heterocycles. The zero-order valence-electron chi connectivity index (χ0n) is 16.4. The third kappa shape index (κ3) is 4.28. The zero-order valence-corrected chi connectivity index (χ0v) is 17.2. The van der Waals surface area contributed by atoms with Gasteiger partial charge in [0.1, 0.15) is 0 Å². The largest absolute Gasteiger partial charge is 0.368 e. The smallest absolute Gasteiger partial charge is 0.243 e. The number of pyridine rings is 1. The fourth-order valence-corrected chi connectivity index (χ4v) is 5.57. The predicted octanol–water partition coefficient (Wildman–Crippen LogP) is 1.83. The number of aromatic nitrogens is 1. The highest BCUT2D eigenvalue weighted by Crippen LogP contribution is 2.26. The predicted molar refractivity (Wildman–Crippen MR) is 111 cm³/mol. The molecular weight excluding hydrogens is 388 g/mol. The minimum absolute atomic E-state index is 0.0929. The summed E-state index contributed by atoms with van der Waals surface area (Å²) in [6.45, 7) is 3.79. The average Bonchev–Trinajstić information content (AvgIpc) is 2.80. The second-order valence-corrected chi connectivity index (χ2v) is 9.45. The molecule has 0 aliphatic carbocycles. The van der Waals surface area contributed by atoms with Crippen molar-refractivity contribution in [3.8, 4) is 0 Å². The van der Waals surface area contributed by atoms with Crippen LogP contribution in [-0.4, -0.2) is 67.8 Å². The van der Waals surface area contributed by atoms with Crippen LogP contribution in [0.2, 0.25) is 0 Å². The number of amides is 1. The minimum atomic E-state index is -3.48. The molecule has 29 heavy (non-hydrogen) atoms. The maximum Gasteiger partial charge on any atom is 0.243 e. The molecule has 2 aromatic rings. The molecule has 7 nitrogen and oxygen atoms in total. The van der Waals surface area contributed by atoms with Gasteiger partial charge < -0.3 is 9.80 Å². The van der Waals surface area contributed by atoms with Crippen LogP contribution < -0.4 is 4.90 Å². The molecule has 2 aliphatic heterocycles. The molecule has 1 aromatic carbocycles. The standard InChI is InChI=1S/C21H26N4O3S/c26-21(24-16-14-23(15-17-24)19-6-10-22-11-7-19)18-8-12-25(13-9-18)29(27,28)20-4-2-1-3-5-20/h1-7,10-11,18H,8-9,12-17H2. The van der Waals surface area contributed by atoms with E-state index < -0.39 is 10.0 Å². The normalized spacial score (nSPS) is 19.3. The van der Waals surface area contributed by atoms with E-state index in [9.17, 15) is 13.2 Å². The van der Waals surface area contributed by atoms with Gasteiger partial charge in [0, 0.05) is 63.3 Å². The molecule has 1 amide bonds. The Kier molecular flexibility index (Phi) is 5.82. The Labute approximate surface area is 172 Å². The third-order valence-corrected chi connectivity index (χ3v) is 7.72. The van der Waals surface area contributed by atoms with Crippen LogP contribution in [0.5, 0.6) is 0 Å². The summed E-state index contributed by atoms with van der Waals surface area (Å²) in [5.74, 6) is 0.0702. The molecule has 8 heteroatoms. The van der Waals surface area contributed by atoms with Gasteiger partial charge in [0.05, 0.1) is 4.90 Å². The van der Waals surface area contributed by atoms with E-state index in [0.717, 1.165) is 18.8 Å². The molecule has 2 fully saturated rings. The number of hydrogen-bond acceptors (Lipinski definition) is 5. The van der Waals surface area contributed by atoms with Gasteiger partial charge in [-0.1, -0.05) is 18.2 Å². The second kappa shape index (κ2) is 8.51. The highest BCUT2D eigenvalue weighted by Gasteiger charge is 2.34. The lowest BCUT2D eigenvalue weighted by Crippen LogP contribution is -2.52. The number of piperidine rings is 1. The van der Waals surface area contributed by atoms with E-state index in [1.54, 1.807) is 42.7 Å². The van der Waals surface area contributed by atoms with Crippen LogP contribution in [0.3, 0.4) is 0 Å². The topological polar surface area (TPSA) is 73.8 Å². The van der Waals surface area contributed by atoms with Gasteiger partial charge in [-0.25, -0.2) is 8.42 Å². The lowest BCUT2D eigenvalue weighted by molar-refractivity contribution is -0.137. The van der Waals surface area contributed by atoms with Crippen LogP contribution in [0.15, 0.2) is 59.8 Å². The van der Waals surface area contributed by atoms with Crippen LogP contribution in [-0.2, 0) is 14.8 Å². The third-order valence-electron chi connectivity index (χ3n) is 5.80. The van der Waals surface area contributed by atoms with Gasteiger partial charge in [-0.05, 0) is 37.1 Å². The van der Waals surface area contributed by atoms with Gasteiger partial charge in [-0.15, -0.1) is 0 Å². The van der Waals surface area contributed by atoms with E-state index in [1.807, 2.05) is 17.0 Å². The zero-order chi connectivity index (χ0) is 20.3. The Morgan fingerprint density at radius 2 is 1.48 bits per heavy atom. The SMILES string of the molecule is O=C(C1CCN(S(=O)(=O)c2ccccc2)CC1)N1CCN(c2ccncc2)CC1. The van der Waals surface area contributed by atoms with Gasteiger partial charge in [0.15, 0.2) is 0 Å². The maximum atomic E-state index is 13.0. The molecule has 0 spiro atoms. The monoisotopic (exact) mass is 414 g/mol. The van der Waals surface area contributed by atoms with E-state index in [-0.39, 0.29) is 11.8 Å². The number of carbonyl (C=O) groups is 1. The molecule has 0 saturated carbocycles. The number of nitrogens with zero attached hydrogens (tertiary/aromatic N) is 4. The number of rotatable bonds is 4. The lowest BCUT2D eigenvalue weighted by Gasteiger charge is -2.39. The Morgan fingerprint density at radius 3 is 2.10 bits per heavy atom. The first-order valence-corrected chi connectivity index (χ1v) is 11.5. The Morgan fingerprint density at radius 1 is 0.862 bits per heavy atom. The van der Waals surface area contributed by atoms with Gasteiger partial charge in [0.25, 0.3) is 0 Å². The van der Waals surface area contributed by atoms with Crippen molar-refractivity contribution in [2.24, 2.45) is 5.92 Å². The summed E-state index contributed by atoms with van der Waals surface area (Å²) in [6, 6.07) is 12.5. The molecular formula is C21H26N4O3S. The summed E-state index contributed by atoms with van der Waals surface area (Å²) in [5, 5.41) is 0. The summed E-state index contributed by atoms with van der Waals surface area (Å²) in [7, 11) is -3.48. The van der Waals surface area contributed by atoms with Crippen molar-refractivity contribution in [1.82, 2.24) is 14.2 Å². The van der Waals surface area contributed by atoms with Gasteiger partial charge in [-0.3, -0.25) is 9.78 Å². The first-order chi connectivity index (χ1) is 14.1. The molecule has 2 aliphatic rings. The van der Waals surface area contributed by atoms with Gasteiger partial charge >= 0.3 is 0 Å². The van der Waals surface area contributed by atoms with Crippen molar-refractivity contribution < 1.29 is 13.2 Å². The molecule has 4 rings (SSSR count). The van der Waals surface area contributed by atoms with Crippen molar-refractivity contribution in [2.45, 2.75) is 17.7 Å². The number of piperazine rings is 1. The number of carbonyl (C=O) groups excluding carboxylic acids is 1. The molecule has 0 bridgehead atoms. The lowest BCUT2D eigenvalue weighted by atomic mass is 9.96. The maximum absolute atomic E-state index is 13.0. The second-order valence-electron chi connectivity index (χ2n) is 7.51. The Hall–Kier alpha value is -2.45. The van der Waals surface area contributed by atoms with Crippen LogP contribution in [0.4, 0.5) is 5.69 Å². The summed E-state index contributed by atoms with van der Waals surface area (Å²) in [4.78, 5) is 21.5. The number of hydrogen-bond donors (Lipinski definition) is 0. The fourth-order valence-electron chi connectivity index (χ4n) is 4.08. The minimum Gasteiger partial charge on any atom is -0.368 e. The van der Waals surface area contributed by atoms with Crippen molar-refractivity contribution in [1.29, 1.82) is 0 Å². The first kappa shape index (κ1) is 19.8. The fraction of sp³-hybridized carbons (Fsp3) is 0.429. The number of anilines is 1. The van der Waals surface area contributed by atoms with Crippen molar-refractivity contribution in [2.75, 3.05) is 44.2 Å². The van der Waals surface area contributed by atoms with Crippen molar-refractivity contribution in [3.63, 3.8) is 0 Å². The van der Waals surface area contributed by atoms with E-state index in [1.165, 1.54) is 4.31 Å². The summed E-state index contributed by atoms with van der Waals surface area (Å²) >= 11 is 0. The van der Waals surface area contributed by atoms with E-state index in [2.05, 4.69) is 9.88 Å². The highest BCUT2D eigenvalue weighted by molar-refractivity contribution is 7.89. The molecule has 0 atom stereocenters. The first-order valence-electron chi connectivity index (χ1n) is 10.0. The molecule has 154 valence electrons. The van der Waals surface area contributed by atoms with Crippen LogP contribution in [0, 0.1) is 5.92 Å². The quantitative estimate of drug-likeness (QED) is 0.763. The van der Waals surface area contributed by atoms with E-state index >= 15 is 0 Å². The van der Waals surface area contributed by atoms with E-state index in [0.29, 0.717) is 43.9 Å². The van der Waals surface area contributed by atoms with Crippen LogP contribution in [0.1, 0.15) is 12.8 Å². The molecule has 0 unspecified atom stereocenters. The Balaban J connectivity index is 1.31. The molecule has 1 aromatic heterocycles. The molecule has 0 N–H and O–H groups in total. The van der Waals surface area contributed by atoms with Crippen molar-refractivity contribution in [3.05, 3.63) is 54.9 Å². The highest BCUT2D eigenvalue weighted by atomic mass is 32.2. The number of sulfonamides is 1. The summed E-state index contributed by atoms with van der Waals surface area (Å²) in [5.41, 5.74) is 1.13. The van der Waals surface area contributed by atoms with Gasteiger partial charge in [0.2, 0.25) is 15.9 Å². The van der Waals surface area contributed by atoms with Crippen LogP contribution >= 0.6 is 0 Å². The van der Waals surface area contributed by atoms with Crippen LogP contribution in [0.25, 0.3) is 0 Å². The average molecular weight is 415 g/mol. The van der Waals surface area contributed by atoms with E-state index in [4.69, 9.17) is 0 Å².